The number of esters is 1. The van der Waals surface area contributed by atoms with E-state index in [1.165, 1.54) is 20.0 Å². The maximum Gasteiger partial charge on any atom is 0.339 e. The first kappa shape index (κ1) is 16.7. The highest BCUT2D eigenvalue weighted by atomic mass is 16.6. The number of rotatable bonds is 9. The quantitative estimate of drug-likeness (QED) is 0.637. The van der Waals surface area contributed by atoms with Crippen LogP contribution in [0, 0.1) is 5.92 Å². The number of unbranched alkanes of at least 4 members (excludes halogenated alkanes) is 1. The Morgan fingerprint density at radius 3 is 2.45 bits per heavy atom. The van der Waals surface area contributed by atoms with Gasteiger partial charge in [-0.05, 0) is 17.9 Å². The number of carbonyl (C=O) groups excluding carboxylic acids is 1. The highest BCUT2D eigenvalue weighted by Crippen LogP contribution is 2.19. The SMILES string of the molecule is CCCCC(CC)COC(=O)C(OC)c1ccccc1. The number of hydrogen-bond donors (Lipinski definition) is 0. The van der Waals surface area contributed by atoms with Crippen LogP contribution < -0.4 is 0 Å². The minimum atomic E-state index is -0.625. The molecule has 20 heavy (non-hydrogen) atoms. The van der Waals surface area contributed by atoms with Crippen LogP contribution >= 0.6 is 0 Å². The van der Waals surface area contributed by atoms with E-state index in [2.05, 4.69) is 13.8 Å². The third-order valence-corrected chi connectivity index (χ3v) is 3.56. The molecule has 1 aromatic rings. The van der Waals surface area contributed by atoms with Crippen LogP contribution in [0.2, 0.25) is 0 Å². The van der Waals surface area contributed by atoms with Crippen LogP contribution in [0.1, 0.15) is 51.2 Å². The fraction of sp³-hybridized carbons (Fsp3) is 0.588. The van der Waals surface area contributed by atoms with Gasteiger partial charge in [0.15, 0.2) is 6.10 Å². The molecule has 0 bridgehead atoms. The lowest BCUT2D eigenvalue weighted by atomic mass is 10.0. The second kappa shape index (κ2) is 9.54. The summed E-state index contributed by atoms with van der Waals surface area (Å²) in [6, 6.07) is 9.46. The van der Waals surface area contributed by atoms with Gasteiger partial charge in [-0.25, -0.2) is 4.79 Å². The summed E-state index contributed by atoms with van der Waals surface area (Å²) in [7, 11) is 1.54. The summed E-state index contributed by atoms with van der Waals surface area (Å²) in [6.45, 7) is 4.80. The number of ether oxygens (including phenoxy) is 2. The van der Waals surface area contributed by atoms with E-state index in [1.807, 2.05) is 30.3 Å². The van der Waals surface area contributed by atoms with Crippen LogP contribution in [0.15, 0.2) is 30.3 Å². The van der Waals surface area contributed by atoms with Gasteiger partial charge in [-0.3, -0.25) is 0 Å². The third kappa shape index (κ3) is 5.33. The Labute approximate surface area is 122 Å². The van der Waals surface area contributed by atoms with Gasteiger partial charge < -0.3 is 9.47 Å². The summed E-state index contributed by atoms with van der Waals surface area (Å²) in [4.78, 5) is 12.1. The van der Waals surface area contributed by atoms with E-state index in [4.69, 9.17) is 9.47 Å². The molecule has 0 amide bonds. The highest BCUT2D eigenvalue weighted by Gasteiger charge is 2.22. The minimum Gasteiger partial charge on any atom is -0.463 e. The molecule has 0 N–H and O–H groups in total. The van der Waals surface area contributed by atoms with Crippen molar-refractivity contribution >= 4 is 5.97 Å². The first-order chi connectivity index (χ1) is 9.72. The van der Waals surface area contributed by atoms with Gasteiger partial charge in [-0.15, -0.1) is 0 Å². The van der Waals surface area contributed by atoms with E-state index in [0.717, 1.165) is 18.4 Å². The number of hydrogen-bond acceptors (Lipinski definition) is 3. The van der Waals surface area contributed by atoms with Crippen molar-refractivity contribution in [1.29, 1.82) is 0 Å². The van der Waals surface area contributed by atoms with Crippen molar-refractivity contribution in [1.82, 2.24) is 0 Å². The van der Waals surface area contributed by atoms with Gasteiger partial charge in [-0.1, -0.05) is 63.4 Å². The second-order valence-corrected chi connectivity index (χ2v) is 5.07. The Morgan fingerprint density at radius 2 is 1.90 bits per heavy atom. The summed E-state index contributed by atoms with van der Waals surface area (Å²) in [5.41, 5.74) is 0.835. The van der Waals surface area contributed by atoms with E-state index in [9.17, 15) is 4.79 Å². The molecule has 2 unspecified atom stereocenters. The molecule has 0 spiro atoms. The van der Waals surface area contributed by atoms with Crippen LogP contribution in [0.4, 0.5) is 0 Å². The molecular weight excluding hydrogens is 252 g/mol. The van der Waals surface area contributed by atoms with Gasteiger partial charge in [0, 0.05) is 7.11 Å². The van der Waals surface area contributed by atoms with Gasteiger partial charge >= 0.3 is 5.97 Å². The van der Waals surface area contributed by atoms with Crippen molar-refractivity contribution in [2.24, 2.45) is 5.92 Å². The molecule has 3 heteroatoms. The number of benzene rings is 1. The second-order valence-electron chi connectivity index (χ2n) is 5.07. The Balaban J connectivity index is 2.51. The zero-order valence-corrected chi connectivity index (χ0v) is 12.8. The summed E-state index contributed by atoms with van der Waals surface area (Å²) in [5.74, 6) is 0.154. The van der Waals surface area contributed by atoms with Crippen molar-refractivity contribution in [2.75, 3.05) is 13.7 Å². The third-order valence-electron chi connectivity index (χ3n) is 3.56. The largest absolute Gasteiger partial charge is 0.463 e. The summed E-state index contributed by atoms with van der Waals surface area (Å²) >= 11 is 0. The van der Waals surface area contributed by atoms with Crippen LogP contribution in [-0.2, 0) is 14.3 Å². The molecule has 0 heterocycles. The maximum atomic E-state index is 12.1. The number of methoxy groups -OCH3 is 1. The molecular formula is C17H26O3. The Kier molecular flexibility index (Phi) is 7.97. The fourth-order valence-corrected chi connectivity index (χ4v) is 2.17. The van der Waals surface area contributed by atoms with E-state index in [1.54, 1.807) is 0 Å². The molecule has 0 aliphatic carbocycles. The first-order valence-corrected chi connectivity index (χ1v) is 7.47. The van der Waals surface area contributed by atoms with Crippen LogP contribution in [0.3, 0.4) is 0 Å². The average molecular weight is 278 g/mol. The van der Waals surface area contributed by atoms with E-state index >= 15 is 0 Å². The molecule has 0 aliphatic heterocycles. The zero-order chi connectivity index (χ0) is 14.8. The number of carbonyl (C=O) groups is 1. The lowest BCUT2D eigenvalue weighted by molar-refractivity contribution is -0.157. The fourth-order valence-electron chi connectivity index (χ4n) is 2.17. The van der Waals surface area contributed by atoms with Gasteiger partial charge in [0.25, 0.3) is 0 Å². The summed E-state index contributed by atoms with van der Waals surface area (Å²) in [6.07, 6.45) is 3.89. The monoisotopic (exact) mass is 278 g/mol. The Hall–Kier alpha value is -1.35. The smallest absolute Gasteiger partial charge is 0.339 e. The predicted molar refractivity (Wildman–Crippen MR) is 80.5 cm³/mol. The van der Waals surface area contributed by atoms with Crippen molar-refractivity contribution in [3.63, 3.8) is 0 Å². The summed E-state index contributed by atoms with van der Waals surface area (Å²) < 4.78 is 10.7. The molecule has 112 valence electrons. The molecule has 1 aromatic carbocycles. The van der Waals surface area contributed by atoms with Gasteiger partial charge in [0.05, 0.1) is 6.61 Å². The zero-order valence-electron chi connectivity index (χ0n) is 12.8. The standard InChI is InChI=1S/C17H26O3/c1-4-6-10-14(5-2)13-20-17(18)16(19-3)15-11-8-7-9-12-15/h7-9,11-12,14,16H,4-6,10,13H2,1-3H3. The topological polar surface area (TPSA) is 35.5 Å². The Bertz CT molecular complexity index is 375. The van der Waals surface area contributed by atoms with Crippen LogP contribution in [0.25, 0.3) is 0 Å². The molecule has 3 nitrogen and oxygen atoms in total. The van der Waals surface area contributed by atoms with Crippen molar-refractivity contribution in [3.05, 3.63) is 35.9 Å². The van der Waals surface area contributed by atoms with Crippen molar-refractivity contribution < 1.29 is 14.3 Å². The van der Waals surface area contributed by atoms with Gasteiger partial charge in [-0.2, -0.15) is 0 Å². The van der Waals surface area contributed by atoms with Crippen LogP contribution in [0.5, 0.6) is 0 Å². The molecule has 2 atom stereocenters. The molecule has 0 saturated carbocycles. The van der Waals surface area contributed by atoms with Crippen molar-refractivity contribution in [2.45, 2.75) is 45.6 Å². The molecule has 0 aromatic heterocycles. The lowest BCUT2D eigenvalue weighted by Gasteiger charge is -2.18. The van der Waals surface area contributed by atoms with Gasteiger partial charge in [0.1, 0.15) is 0 Å². The normalized spacial score (nSPS) is 13.8. The molecule has 0 saturated heterocycles. The highest BCUT2D eigenvalue weighted by molar-refractivity contribution is 5.76. The van der Waals surface area contributed by atoms with Gasteiger partial charge in [0.2, 0.25) is 0 Å². The molecule has 0 radical (unpaired) electrons. The van der Waals surface area contributed by atoms with E-state index in [0.29, 0.717) is 12.5 Å². The minimum absolute atomic E-state index is 0.298. The average Bonchev–Trinajstić information content (AvgIpc) is 2.49. The Morgan fingerprint density at radius 1 is 1.20 bits per heavy atom. The lowest BCUT2D eigenvalue weighted by Crippen LogP contribution is -2.21. The molecule has 0 fully saturated rings. The van der Waals surface area contributed by atoms with E-state index in [-0.39, 0.29) is 5.97 Å². The molecule has 1 rings (SSSR count). The maximum absolute atomic E-state index is 12.1. The van der Waals surface area contributed by atoms with Crippen LogP contribution in [-0.4, -0.2) is 19.7 Å². The van der Waals surface area contributed by atoms with Crippen molar-refractivity contribution in [3.8, 4) is 0 Å². The molecule has 0 aliphatic rings. The van der Waals surface area contributed by atoms with E-state index < -0.39 is 6.10 Å². The summed E-state index contributed by atoms with van der Waals surface area (Å²) in [5, 5.41) is 0. The predicted octanol–water partition coefficient (Wildman–Crippen LogP) is 4.13. The first-order valence-electron chi connectivity index (χ1n) is 7.47.